The standard InChI is InChI=1S/C12H23N3/c1-6-12(4,5)14-7-8-15-9-13-10(2)11(15)3/h9,14H,6-8H2,1-5H3. The zero-order valence-corrected chi connectivity index (χ0v) is 10.6. The number of aromatic nitrogens is 2. The molecule has 1 heterocycles. The molecule has 0 unspecified atom stereocenters. The minimum atomic E-state index is 0.240. The average molecular weight is 209 g/mol. The number of imidazole rings is 1. The molecule has 0 saturated heterocycles. The molecule has 0 fully saturated rings. The Morgan fingerprint density at radius 1 is 1.40 bits per heavy atom. The minimum Gasteiger partial charge on any atom is -0.333 e. The van der Waals surface area contributed by atoms with Crippen LogP contribution in [0.25, 0.3) is 0 Å². The number of hydrogen-bond acceptors (Lipinski definition) is 2. The molecule has 1 rings (SSSR count). The van der Waals surface area contributed by atoms with Crippen molar-refractivity contribution in [1.29, 1.82) is 0 Å². The molecule has 0 radical (unpaired) electrons. The van der Waals surface area contributed by atoms with Crippen LogP contribution in [0.5, 0.6) is 0 Å². The highest BCUT2D eigenvalue weighted by molar-refractivity contribution is 5.08. The Morgan fingerprint density at radius 3 is 2.53 bits per heavy atom. The first kappa shape index (κ1) is 12.2. The molecule has 0 spiro atoms. The van der Waals surface area contributed by atoms with Crippen LogP contribution < -0.4 is 5.32 Å². The van der Waals surface area contributed by atoms with Gasteiger partial charge >= 0.3 is 0 Å². The van der Waals surface area contributed by atoms with E-state index in [2.05, 4.69) is 49.5 Å². The predicted octanol–water partition coefficient (Wildman–Crippen LogP) is 2.28. The van der Waals surface area contributed by atoms with Gasteiger partial charge in [0.2, 0.25) is 0 Å². The lowest BCUT2D eigenvalue weighted by atomic mass is 10.0. The van der Waals surface area contributed by atoms with Gasteiger partial charge in [-0.25, -0.2) is 4.98 Å². The zero-order valence-electron chi connectivity index (χ0n) is 10.6. The van der Waals surface area contributed by atoms with Gasteiger partial charge in [0.15, 0.2) is 0 Å². The summed E-state index contributed by atoms with van der Waals surface area (Å²) >= 11 is 0. The van der Waals surface area contributed by atoms with Gasteiger partial charge in [-0.05, 0) is 34.1 Å². The highest BCUT2D eigenvalue weighted by Gasteiger charge is 2.13. The normalized spacial score (nSPS) is 12.1. The molecule has 0 amide bonds. The number of aryl methyl sites for hydroxylation is 1. The maximum atomic E-state index is 4.29. The van der Waals surface area contributed by atoms with Crippen molar-refractivity contribution in [3.05, 3.63) is 17.7 Å². The van der Waals surface area contributed by atoms with E-state index in [9.17, 15) is 0 Å². The molecular weight excluding hydrogens is 186 g/mol. The second-order valence-corrected chi connectivity index (χ2v) is 4.77. The van der Waals surface area contributed by atoms with Crippen molar-refractivity contribution in [1.82, 2.24) is 14.9 Å². The van der Waals surface area contributed by atoms with E-state index < -0.39 is 0 Å². The minimum absolute atomic E-state index is 0.240. The van der Waals surface area contributed by atoms with E-state index in [1.807, 2.05) is 6.33 Å². The third-order valence-corrected chi connectivity index (χ3v) is 3.19. The van der Waals surface area contributed by atoms with Crippen molar-refractivity contribution < 1.29 is 0 Å². The molecule has 1 aromatic rings. The number of nitrogens with zero attached hydrogens (tertiary/aromatic N) is 2. The van der Waals surface area contributed by atoms with Crippen LogP contribution in [0.1, 0.15) is 38.6 Å². The summed E-state index contributed by atoms with van der Waals surface area (Å²) in [5.74, 6) is 0. The lowest BCUT2D eigenvalue weighted by Gasteiger charge is -2.24. The van der Waals surface area contributed by atoms with Crippen LogP contribution >= 0.6 is 0 Å². The summed E-state index contributed by atoms with van der Waals surface area (Å²) in [5.41, 5.74) is 2.64. The number of rotatable bonds is 5. The highest BCUT2D eigenvalue weighted by Crippen LogP contribution is 2.07. The van der Waals surface area contributed by atoms with Crippen molar-refractivity contribution >= 4 is 0 Å². The van der Waals surface area contributed by atoms with Gasteiger partial charge in [-0.2, -0.15) is 0 Å². The first-order valence-corrected chi connectivity index (χ1v) is 5.69. The van der Waals surface area contributed by atoms with Crippen LogP contribution in [0.2, 0.25) is 0 Å². The Kier molecular flexibility index (Phi) is 3.91. The number of nitrogens with one attached hydrogen (secondary N) is 1. The summed E-state index contributed by atoms with van der Waals surface area (Å²) in [4.78, 5) is 4.29. The second kappa shape index (κ2) is 4.79. The van der Waals surface area contributed by atoms with Crippen LogP contribution in [0, 0.1) is 13.8 Å². The first-order chi connectivity index (χ1) is 6.96. The number of hydrogen-bond donors (Lipinski definition) is 1. The lowest BCUT2D eigenvalue weighted by molar-refractivity contribution is 0.367. The van der Waals surface area contributed by atoms with Gasteiger partial charge in [0.05, 0.1) is 12.0 Å². The Hall–Kier alpha value is -0.830. The van der Waals surface area contributed by atoms with Crippen LogP contribution in [-0.4, -0.2) is 21.6 Å². The lowest BCUT2D eigenvalue weighted by Crippen LogP contribution is -2.40. The molecule has 3 heteroatoms. The van der Waals surface area contributed by atoms with Crippen molar-refractivity contribution in [2.45, 2.75) is 53.1 Å². The summed E-state index contributed by atoms with van der Waals surface area (Å²) in [6, 6.07) is 0. The van der Waals surface area contributed by atoms with E-state index in [4.69, 9.17) is 0 Å². The Balaban J connectivity index is 2.42. The summed E-state index contributed by atoms with van der Waals surface area (Å²) in [7, 11) is 0. The van der Waals surface area contributed by atoms with Gasteiger partial charge in [0.25, 0.3) is 0 Å². The van der Waals surface area contributed by atoms with Crippen molar-refractivity contribution in [2.24, 2.45) is 0 Å². The van der Waals surface area contributed by atoms with E-state index in [0.29, 0.717) is 0 Å². The first-order valence-electron chi connectivity index (χ1n) is 5.69. The molecule has 0 aliphatic rings. The maximum absolute atomic E-state index is 4.29. The molecular formula is C12H23N3. The van der Waals surface area contributed by atoms with Crippen LogP contribution in [0.15, 0.2) is 6.33 Å². The molecule has 1 N–H and O–H groups in total. The quantitative estimate of drug-likeness (QED) is 0.806. The van der Waals surface area contributed by atoms with Crippen LogP contribution in [0.4, 0.5) is 0 Å². The third kappa shape index (κ3) is 3.34. The monoisotopic (exact) mass is 209 g/mol. The third-order valence-electron chi connectivity index (χ3n) is 3.19. The molecule has 15 heavy (non-hydrogen) atoms. The second-order valence-electron chi connectivity index (χ2n) is 4.77. The van der Waals surface area contributed by atoms with Gasteiger partial charge in [-0.3, -0.25) is 0 Å². The van der Waals surface area contributed by atoms with Crippen molar-refractivity contribution in [2.75, 3.05) is 6.54 Å². The molecule has 0 saturated carbocycles. The average Bonchev–Trinajstić information content (AvgIpc) is 2.49. The molecule has 0 atom stereocenters. The molecule has 0 aromatic carbocycles. The van der Waals surface area contributed by atoms with E-state index in [1.165, 1.54) is 5.69 Å². The molecule has 0 aliphatic heterocycles. The van der Waals surface area contributed by atoms with Gasteiger partial charge in [-0.1, -0.05) is 6.92 Å². The van der Waals surface area contributed by atoms with Gasteiger partial charge in [-0.15, -0.1) is 0 Å². The smallest absolute Gasteiger partial charge is 0.0951 e. The van der Waals surface area contributed by atoms with Gasteiger partial charge < -0.3 is 9.88 Å². The molecule has 86 valence electrons. The summed E-state index contributed by atoms with van der Waals surface area (Å²) in [5, 5.41) is 3.55. The molecule has 1 aromatic heterocycles. The van der Waals surface area contributed by atoms with Gasteiger partial charge in [0.1, 0.15) is 0 Å². The van der Waals surface area contributed by atoms with E-state index in [1.54, 1.807) is 0 Å². The Bertz CT molecular complexity index is 313. The molecule has 0 aliphatic carbocycles. The summed E-state index contributed by atoms with van der Waals surface area (Å²) in [6.07, 6.45) is 3.07. The topological polar surface area (TPSA) is 29.9 Å². The van der Waals surface area contributed by atoms with E-state index >= 15 is 0 Å². The summed E-state index contributed by atoms with van der Waals surface area (Å²) < 4.78 is 2.20. The van der Waals surface area contributed by atoms with Gasteiger partial charge in [0, 0.05) is 24.3 Å². The fourth-order valence-corrected chi connectivity index (χ4v) is 1.41. The maximum Gasteiger partial charge on any atom is 0.0951 e. The Morgan fingerprint density at radius 2 is 2.07 bits per heavy atom. The fourth-order valence-electron chi connectivity index (χ4n) is 1.41. The SMILES string of the molecule is CCC(C)(C)NCCn1cnc(C)c1C. The van der Waals surface area contributed by atoms with Crippen molar-refractivity contribution in [3.63, 3.8) is 0 Å². The van der Waals surface area contributed by atoms with Crippen LogP contribution in [0.3, 0.4) is 0 Å². The van der Waals surface area contributed by atoms with Crippen molar-refractivity contribution in [3.8, 4) is 0 Å². The Labute approximate surface area is 92.9 Å². The largest absolute Gasteiger partial charge is 0.333 e. The predicted molar refractivity (Wildman–Crippen MR) is 64.1 cm³/mol. The molecule has 3 nitrogen and oxygen atoms in total. The fraction of sp³-hybridized carbons (Fsp3) is 0.750. The summed E-state index contributed by atoms with van der Waals surface area (Å²) in [6.45, 7) is 12.8. The highest BCUT2D eigenvalue weighted by atomic mass is 15.1. The zero-order chi connectivity index (χ0) is 11.5. The molecule has 0 bridgehead atoms. The van der Waals surface area contributed by atoms with E-state index in [-0.39, 0.29) is 5.54 Å². The van der Waals surface area contributed by atoms with Crippen LogP contribution in [-0.2, 0) is 6.54 Å². The van der Waals surface area contributed by atoms with E-state index in [0.717, 1.165) is 25.2 Å².